The van der Waals surface area contributed by atoms with Gasteiger partial charge in [0.1, 0.15) is 0 Å². The van der Waals surface area contributed by atoms with Crippen molar-refractivity contribution < 1.29 is 19.8 Å². The van der Waals surface area contributed by atoms with E-state index in [0.717, 1.165) is 25.7 Å². The number of rotatable bonds is 12. The monoisotopic (exact) mass is 512 g/mol. The van der Waals surface area contributed by atoms with E-state index >= 15 is 0 Å². The molecular formula is C28H56N4O4. The Kier molecular flexibility index (Phi) is 15.1. The lowest BCUT2D eigenvalue weighted by atomic mass is 9.90. The van der Waals surface area contributed by atoms with Gasteiger partial charge in [-0.05, 0) is 23.7 Å². The molecule has 4 N–H and O–H groups in total. The first kappa shape index (κ1) is 32.8. The first-order valence-electron chi connectivity index (χ1n) is 14.4. The Balaban J connectivity index is 3.53. The maximum absolute atomic E-state index is 11.9. The SMILES string of the molecule is CCC(C)[C@H]1CN[C@@H](C(C)CC)CN(CC(=O)O)[C@@H](C(C)CC)CN[C@@H](C(C)CC)CN1CC(=O)O. The summed E-state index contributed by atoms with van der Waals surface area (Å²) >= 11 is 0. The zero-order chi connectivity index (χ0) is 27.4. The molecule has 8 nitrogen and oxygen atoms in total. The summed E-state index contributed by atoms with van der Waals surface area (Å²) in [6.07, 6.45) is 3.93. The summed E-state index contributed by atoms with van der Waals surface area (Å²) in [6.45, 7) is 20.3. The van der Waals surface area contributed by atoms with Gasteiger partial charge in [0, 0.05) is 50.3 Å². The molecule has 4 unspecified atom stereocenters. The van der Waals surface area contributed by atoms with Gasteiger partial charge in [-0.2, -0.15) is 0 Å². The van der Waals surface area contributed by atoms with Crippen molar-refractivity contribution in [1.82, 2.24) is 20.4 Å². The van der Waals surface area contributed by atoms with Gasteiger partial charge in [0.25, 0.3) is 0 Å². The second-order valence-corrected chi connectivity index (χ2v) is 11.4. The molecule has 1 saturated heterocycles. The van der Waals surface area contributed by atoms with Gasteiger partial charge >= 0.3 is 11.9 Å². The molecule has 0 bridgehead atoms. The van der Waals surface area contributed by atoms with Crippen LogP contribution in [0.2, 0.25) is 0 Å². The molecule has 8 atom stereocenters. The van der Waals surface area contributed by atoms with Crippen LogP contribution in [0.3, 0.4) is 0 Å². The summed E-state index contributed by atoms with van der Waals surface area (Å²) in [4.78, 5) is 28.2. The number of hydrogen-bond acceptors (Lipinski definition) is 6. The second kappa shape index (κ2) is 16.6. The summed E-state index contributed by atoms with van der Waals surface area (Å²) in [5.41, 5.74) is 0. The Morgan fingerprint density at radius 1 is 0.667 bits per heavy atom. The van der Waals surface area contributed by atoms with Crippen LogP contribution in [0.1, 0.15) is 81.1 Å². The van der Waals surface area contributed by atoms with Crippen LogP contribution in [-0.4, -0.2) is 95.4 Å². The van der Waals surface area contributed by atoms with Gasteiger partial charge in [0.05, 0.1) is 13.1 Å². The van der Waals surface area contributed by atoms with Crippen molar-refractivity contribution in [2.24, 2.45) is 23.7 Å². The summed E-state index contributed by atoms with van der Waals surface area (Å²) in [7, 11) is 0. The van der Waals surface area contributed by atoms with Crippen molar-refractivity contribution >= 4 is 11.9 Å². The molecule has 1 rings (SSSR count). The predicted molar refractivity (Wildman–Crippen MR) is 147 cm³/mol. The average molecular weight is 513 g/mol. The lowest BCUT2D eigenvalue weighted by molar-refractivity contribution is -0.140. The van der Waals surface area contributed by atoms with Crippen LogP contribution < -0.4 is 10.6 Å². The molecule has 36 heavy (non-hydrogen) atoms. The van der Waals surface area contributed by atoms with Crippen molar-refractivity contribution in [1.29, 1.82) is 0 Å². The third kappa shape index (κ3) is 10.3. The average Bonchev–Trinajstić information content (AvgIpc) is 2.83. The lowest BCUT2D eigenvalue weighted by Crippen LogP contribution is -2.61. The molecule has 0 saturated carbocycles. The third-order valence-corrected chi connectivity index (χ3v) is 8.92. The Hall–Kier alpha value is -1.22. The Labute approximate surface area is 220 Å². The van der Waals surface area contributed by atoms with Crippen molar-refractivity contribution in [2.75, 3.05) is 39.3 Å². The molecule has 1 fully saturated rings. The van der Waals surface area contributed by atoms with E-state index in [1.807, 2.05) is 0 Å². The maximum atomic E-state index is 11.9. The van der Waals surface area contributed by atoms with Crippen molar-refractivity contribution in [3.8, 4) is 0 Å². The Morgan fingerprint density at radius 3 is 1.22 bits per heavy atom. The Bertz CT molecular complexity index is 595. The number of nitrogens with zero attached hydrogens (tertiary/aromatic N) is 2. The van der Waals surface area contributed by atoms with Gasteiger partial charge in [-0.25, -0.2) is 0 Å². The fourth-order valence-corrected chi connectivity index (χ4v) is 5.42. The molecule has 8 heteroatoms. The first-order chi connectivity index (χ1) is 17.0. The van der Waals surface area contributed by atoms with Gasteiger partial charge in [0.2, 0.25) is 0 Å². The third-order valence-electron chi connectivity index (χ3n) is 8.92. The smallest absolute Gasteiger partial charge is 0.317 e. The molecule has 0 aromatic rings. The highest BCUT2D eigenvalue weighted by Gasteiger charge is 2.34. The van der Waals surface area contributed by atoms with E-state index in [0.29, 0.717) is 49.9 Å². The molecule has 0 amide bonds. The topological polar surface area (TPSA) is 105 Å². The lowest BCUT2D eigenvalue weighted by Gasteiger charge is -2.44. The van der Waals surface area contributed by atoms with Crippen molar-refractivity contribution in [3.63, 3.8) is 0 Å². The van der Waals surface area contributed by atoms with Crippen molar-refractivity contribution in [2.45, 2.75) is 105 Å². The molecule has 0 aromatic heterocycles. The highest BCUT2D eigenvalue weighted by molar-refractivity contribution is 5.69. The van der Waals surface area contributed by atoms with Gasteiger partial charge in [-0.3, -0.25) is 19.4 Å². The molecule has 1 aliphatic heterocycles. The first-order valence-corrected chi connectivity index (χ1v) is 14.4. The van der Waals surface area contributed by atoms with Gasteiger partial charge in [-0.15, -0.1) is 0 Å². The number of nitrogens with one attached hydrogen (secondary N) is 2. The fraction of sp³-hybridized carbons (Fsp3) is 0.929. The summed E-state index contributed by atoms with van der Waals surface area (Å²) < 4.78 is 0. The summed E-state index contributed by atoms with van der Waals surface area (Å²) in [5.74, 6) is -0.180. The van der Waals surface area contributed by atoms with E-state index in [2.05, 4.69) is 75.8 Å². The van der Waals surface area contributed by atoms with Crippen LogP contribution in [-0.2, 0) is 9.59 Å². The van der Waals surface area contributed by atoms with Crippen LogP contribution in [0.5, 0.6) is 0 Å². The molecule has 0 aliphatic carbocycles. The number of hydrogen-bond donors (Lipinski definition) is 4. The molecular weight excluding hydrogens is 456 g/mol. The van der Waals surface area contributed by atoms with Crippen LogP contribution in [0.4, 0.5) is 0 Å². The van der Waals surface area contributed by atoms with E-state index in [1.165, 1.54) is 0 Å². The van der Waals surface area contributed by atoms with Crippen LogP contribution in [0, 0.1) is 23.7 Å². The summed E-state index contributed by atoms with van der Waals surface area (Å²) in [5, 5.41) is 27.2. The zero-order valence-corrected chi connectivity index (χ0v) is 24.3. The number of carboxylic acid groups (broad SMARTS) is 2. The highest BCUT2D eigenvalue weighted by Crippen LogP contribution is 2.22. The molecule has 0 spiro atoms. The maximum Gasteiger partial charge on any atom is 0.317 e. The van der Waals surface area contributed by atoms with E-state index < -0.39 is 11.9 Å². The van der Waals surface area contributed by atoms with Crippen LogP contribution >= 0.6 is 0 Å². The zero-order valence-electron chi connectivity index (χ0n) is 24.3. The van der Waals surface area contributed by atoms with Crippen LogP contribution in [0.15, 0.2) is 0 Å². The molecule has 1 heterocycles. The van der Waals surface area contributed by atoms with Gasteiger partial charge in [0.15, 0.2) is 0 Å². The quantitative estimate of drug-likeness (QED) is 0.314. The minimum atomic E-state index is -0.790. The van der Waals surface area contributed by atoms with E-state index in [1.54, 1.807) is 0 Å². The second-order valence-electron chi connectivity index (χ2n) is 11.4. The van der Waals surface area contributed by atoms with Gasteiger partial charge < -0.3 is 20.8 Å². The molecule has 212 valence electrons. The predicted octanol–water partition coefficient (Wildman–Crippen LogP) is 3.61. The summed E-state index contributed by atoms with van der Waals surface area (Å²) in [6, 6.07) is 0.431. The Morgan fingerprint density at radius 2 is 0.972 bits per heavy atom. The number of carbonyl (C=O) groups is 2. The van der Waals surface area contributed by atoms with Gasteiger partial charge in [-0.1, -0.05) is 81.1 Å². The number of aliphatic carboxylic acids is 2. The van der Waals surface area contributed by atoms with Crippen LogP contribution in [0.25, 0.3) is 0 Å². The minimum absolute atomic E-state index is 0.0270. The molecule has 1 aliphatic rings. The van der Waals surface area contributed by atoms with E-state index in [4.69, 9.17) is 0 Å². The molecule has 0 radical (unpaired) electrons. The fourth-order valence-electron chi connectivity index (χ4n) is 5.42. The minimum Gasteiger partial charge on any atom is -0.480 e. The van der Waals surface area contributed by atoms with E-state index in [9.17, 15) is 19.8 Å². The largest absolute Gasteiger partial charge is 0.480 e. The standard InChI is InChI=1S/C28H56N4O4/c1-9-19(5)23-15-31(17-27(33)34)26(22(8)12-4)14-30-24(20(6)10-2)16-32(18-28(35)36)25(13-29-23)21(7)11-3/h19-26,29-30H,9-18H2,1-8H3,(H,33,34)(H,35,36)/t19?,20?,21?,22?,23-,24-,25-,26-/m1/s1. The van der Waals surface area contributed by atoms with Crippen molar-refractivity contribution in [3.05, 3.63) is 0 Å². The van der Waals surface area contributed by atoms with E-state index in [-0.39, 0.29) is 37.3 Å². The normalized spacial score (nSPS) is 28.9. The highest BCUT2D eigenvalue weighted by atomic mass is 16.4. The molecule has 0 aromatic carbocycles. The number of carboxylic acids is 2.